The third kappa shape index (κ3) is 4.94. The zero-order valence-corrected chi connectivity index (χ0v) is 34.3. The van der Waals surface area contributed by atoms with Gasteiger partial charge in [0.05, 0.1) is 5.69 Å². The van der Waals surface area contributed by atoms with Crippen LogP contribution < -0.4 is 4.90 Å². The lowest BCUT2D eigenvalue weighted by molar-refractivity contribution is 0.660. The van der Waals surface area contributed by atoms with Gasteiger partial charge >= 0.3 is 0 Å². The highest BCUT2D eigenvalue weighted by molar-refractivity contribution is 6.10. The normalized spacial score (nSPS) is 14.3. The first-order valence-electron chi connectivity index (χ1n) is 21.1. The molecule has 2 aliphatic rings. The molecule has 2 aliphatic carbocycles. The highest BCUT2D eigenvalue weighted by atomic mass is 16.3. The van der Waals surface area contributed by atoms with Crippen molar-refractivity contribution < 1.29 is 4.42 Å². The van der Waals surface area contributed by atoms with Gasteiger partial charge in [0.1, 0.15) is 11.2 Å². The molecule has 0 radical (unpaired) electrons. The molecule has 1 heterocycles. The maximum absolute atomic E-state index is 6.52. The van der Waals surface area contributed by atoms with Gasteiger partial charge in [-0.05, 0) is 109 Å². The van der Waals surface area contributed by atoms with Gasteiger partial charge in [0.2, 0.25) is 0 Å². The monoisotopic (exact) mass is 769 g/mol. The van der Waals surface area contributed by atoms with Crippen LogP contribution in [0.4, 0.5) is 17.1 Å². The number of anilines is 3. The third-order valence-electron chi connectivity index (χ3n) is 13.6. The molecule has 286 valence electrons. The number of benzene rings is 9. The predicted molar refractivity (Wildman–Crippen MR) is 252 cm³/mol. The summed E-state index contributed by atoms with van der Waals surface area (Å²) in [5.41, 5.74) is 20.3. The van der Waals surface area contributed by atoms with Crippen LogP contribution in [0.2, 0.25) is 0 Å². The molecule has 0 atom stereocenters. The Bertz CT molecular complexity index is 3370. The molecule has 0 N–H and O–H groups in total. The van der Waals surface area contributed by atoms with Crippen molar-refractivity contribution in [3.05, 3.63) is 210 Å². The van der Waals surface area contributed by atoms with Gasteiger partial charge in [0.15, 0.2) is 0 Å². The van der Waals surface area contributed by atoms with E-state index in [1.54, 1.807) is 0 Å². The van der Waals surface area contributed by atoms with Gasteiger partial charge in [-0.25, -0.2) is 0 Å². The largest absolute Gasteiger partial charge is 0.455 e. The quantitative estimate of drug-likeness (QED) is 0.173. The van der Waals surface area contributed by atoms with Crippen molar-refractivity contribution in [1.29, 1.82) is 0 Å². The second kappa shape index (κ2) is 12.7. The second-order valence-electron chi connectivity index (χ2n) is 17.7. The van der Waals surface area contributed by atoms with Crippen LogP contribution in [-0.4, -0.2) is 0 Å². The van der Waals surface area contributed by atoms with Crippen LogP contribution in [0.25, 0.3) is 77.2 Å². The Balaban J connectivity index is 1.11. The van der Waals surface area contributed by atoms with E-state index >= 15 is 0 Å². The maximum Gasteiger partial charge on any atom is 0.143 e. The first kappa shape index (κ1) is 34.8. The minimum atomic E-state index is -0.224. The minimum Gasteiger partial charge on any atom is -0.455 e. The van der Waals surface area contributed by atoms with Crippen LogP contribution in [0.1, 0.15) is 49.9 Å². The number of rotatable bonds is 5. The van der Waals surface area contributed by atoms with Crippen molar-refractivity contribution in [3.63, 3.8) is 0 Å². The van der Waals surface area contributed by atoms with Crippen molar-refractivity contribution >= 4 is 49.8 Å². The van der Waals surface area contributed by atoms with Gasteiger partial charge in [-0.15, -0.1) is 0 Å². The van der Waals surface area contributed by atoms with E-state index in [1.165, 1.54) is 72.1 Å². The molecular formula is C58H43NO. The molecule has 9 aromatic carbocycles. The fraction of sp³-hybridized carbons (Fsp3) is 0.103. The average Bonchev–Trinajstić information content (AvgIpc) is 3.87. The fourth-order valence-corrected chi connectivity index (χ4v) is 10.7. The summed E-state index contributed by atoms with van der Waals surface area (Å²) in [6, 6.07) is 69.3. The van der Waals surface area contributed by atoms with Gasteiger partial charge in [0, 0.05) is 44.1 Å². The minimum absolute atomic E-state index is 0.146. The molecule has 0 bridgehead atoms. The maximum atomic E-state index is 6.52. The SMILES string of the molecule is CC1(C)c2ccccc2-c2ccc(N(c3ccc(-c4cccc5c4oc4ccccc45)cc3)c3cc4ccccc4c4c3-c3cc(-c5ccccc5)ccc3C4(C)C)cc21. The fourth-order valence-electron chi connectivity index (χ4n) is 10.7. The van der Waals surface area contributed by atoms with E-state index in [0.29, 0.717) is 0 Å². The summed E-state index contributed by atoms with van der Waals surface area (Å²) in [7, 11) is 0. The van der Waals surface area contributed by atoms with Crippen molar-refractivity contribution in [2.45, 2.75) is 38.5 Å². The smallest absolute Gasteiger partial charge is 0.143 e. The number of hydrogen-bond donors (Lipinski definition) is 0. The summed E-state index contributed by atoms with van der Waals surface area (Å²) < 4.78 is 6.52. The molecule has 12 rings (SSSR count). The molecule has 10 aromatic rings. The predicted octanol–water partition coefficient (Wildman–Crippen LogP) is 16.2. The van der Waals surface area contributed by atoms with Crippen LogP contribution in [0.3, 0.4) is 0 Å². The zero-order valence-electron chi connectivity index (χ0n) is 34.3. The van der Waals surface area contributed by atoms with E-state index in [2.05, 4.69) is 215 Å². The molecule has 0 unspecified atom stereocenters. The first-order valence-corrected chi connectivity index (χ1v) is 21.1. The Labute approximate surface area is 351 Å². The third-order valence-corrected chi connectivity index (χ3v) is 13.6. The Morgan fingerprint density at radius 2 is 1.05 bits per heavy atom. The summed E-state index contributed by atoms with van der Waals surface area (Å²) in [6.45, 7) is 9.56. The van der Waals surface area contributed by atoms with E-state index in [4.69, 9.17) is 4.42 Å². The Hall–Kier alpha value is -7.16. The number of para-hydroxylation sites is 2. The molecule has 2 nitrogen and oxygen atoms in total. The summed E-state index contributed by atoms with van der Waals surface area (Å²) in [6.07, 6.45) is 0. The molecule has 0 aliphatic heterocycles. The van der Waals surface area contributed by atoms with E-state index in [-0.39, 0.29) is 10.8 Å². The molecule has 1 aromatic heterocycles. The number of hydrogen-bond acceptors (Lipinski definition) is 2. The van der Waals surface area contributed by atoms with Crippen molar-refractivity contribution in [1.82, 2.24) is 0 Å². The molecule has 0 amide bonds. The van der Waals surface area contributed by atoms with Crippen molar-refractivity contribution in [2.75, 3.05) is 4.90 Å². The van der Waals surface area contributed by atoms with Crippen LogP contribution in [0, 0.1) is 0 Å². The van der Waals surface area contributed by atoms with Crippen LogP contribution in [-0.2, 0) is 10.8 Å². The van der Waals surface area contributed by atoms with E-state index < -0.39 is 0 Å². The summed E-state index contributed by atoms with van der Waals surface area (Å²) >= 11 is 0. The summed E-state index contributed by atoms with van der Waals surface area (Å²) in [4.78, 5) is 2.52. The number of nitrogens with zero attached hydrogens (tertiary/aromatic N) is 1. The topological polar surface area (TPSA) is 16.4 Å². The van der Waals surface area contributed by atoms with Crippen LogP contribution in [0.5, 0.6) is 0 Å². The lowest BCUT2D eigenvalue weighted by Crippen LogP contribution is -2.18. The Morgan fingerprint density at radius 3 is 1.90 bits per heavy atom. The highest BCUT2D eigenvalue weighted by Gasteiger charge is 2.41. The molecule has 0 fully saturated rings. The van der Waals surface area contributed by atoms with Crippen LogP contribution in [0.15, 0.2) is 192 Å². The standard InChI is InChI=1S/C58H43NO/c1-57(2)49-23-12-10-19-44(49)45-31-30-41(35-51(45)57)59(40-28-25-37(26-29-40)43-21-14-22-47-46-20-11-13-24-53(46)60-56(43)47)52-34-39-17-8-9-18-42(39)55-54(52)48-33-38(36-15-6-5-7-16-36)27-32-50(48)58(55,3)4/h5-35H,1-4H3. The van der Waals surface area contributed by atoms with Gasteiger partial charge in [-0.3, -0.25) is 0 Å². The molecule has 0 saturated heterocycles. The molecular weight excluding hydrogens is 727 g/mol. The Morgan fingerprint density at radius 1 is 0.400 bits per heavy atom. The summed E-state index contributed by atoms with van der Waals surface area (Å²) in [5, 5.41) is 4.82. The second-order valence-corrected chi connectivity index (χ2v) is 17.7. The first-order chi connectivity index (χ1) is 29.3. The van der Waals surface area contributed by atoms with Gasteiger partial charge in [-0.2, -0.15) is 0 Å². The average molecular weight is 770 g/mol. The lowest BCUT2D eigenvalue weighted by Gasteiger charge is -2.31. The van der Waals surface area contributed by atoms with Gasteiger partial charge in [0.25, 0.3) is 0 Å². The van der Waals surface area contributed by atoms with E-state index in [1.807, 2.05) is 6.07 Å². The molecule has 60 heavy (non-hydrogen) atoms. The van der Waals surface area contributed by atoms with Crippen molar-refractivity contribution in [2.24, 2.45) is 0 Å². The molecule has 0 saturated carbocycles. The highest BCUT2D eigenvalue weighted by Crippen LogP contribution is 2.58. The number of furan rings is 1. The van der Waals surface area contributed by atoms with Gasteiger partial charge in [-0.1, -0.05) is 173 Å². The zero-order chi connectivity index (χ0) is 40.3. The Kier molecular flexibility index (Phi) is 7.36. The molecule has 2 heteroatoms. The number of fused-ring (bicyclic) bond motifs is 11. The van der Waals surface area contributed by atoms with Crippen molar-refractivity contribution in [3.8, 4) is 44.5 Å². The van der Waals surface area contributed by atoms with Gasteiger partial charge < -0.3 is 9.32 Å². The van der Waals surface area contributed by atoms with E-state index in [0.717, 1.165) is 44.4 Å². The summed E-state index contributed by atoms with van der Waals surface area (Å²) in [5.74, 6) is 0. The molecule has 0 spiro atoms. The van der Waals surface area contributed by atoms with E-state index in [9.17, 15) is 0 Å². The lowest BCUT2D eigenvalue weighted by atomic mass is 9.79. The van der Waals surface area contributed by atoms with Crippen LogP contribution >= 0.6 is 0 Å².